The quantitative estimate of drug-likeness (QED) is 0.823. The highest BCUT2D eigenvalue weighted by Gasteiger charge is 2.15. The molecule has 0 aliphatic rings. The number of hydrogen-bond acceptors (Lipinski definition) is 2. The molecule has 3 heteroatoms. The van der Waals surface area contributed by atoms with E-state index in [1.54, 1.807) is 12.1 Å². The van der Waals surface area contributed by atoms with Gasteiger partial charge in [-0.15, -0.1) is 0 Å². The number of H-pyrrole nitrogens is 1. The zero-order chi connectivity index (χ0) is 14.2. The van der Waals surface area contributed by atoms with Crippen LogP contribution in [0.15, 0.2) is 35.1 Å². The molecule has 1 aromatic carbocycles. The van der Waals surface area contributed by atoms with Crippen LogP contribution in [0.25, 0.3) is 11.1 Å². The fourth-order valence-electron chi connectivity index (χ4n) is 2.17. The number of aryl methyl sites for hydroxylation is 1. The van der Waals surface area contributed by atoms with Crippen molar-refractivity contribution in [3.63, 3.8) is 0 Å². The van der Waals surface area contributed by atoms with E-state index < -0.39 is 0 Å². The first-order valence-electron chi connectivity index (χ1n) is 6.39. The van der Waals surface area contributed by atoms with Gasteiger partial charge >= 0.3 is 0 Å². The van der Waals surface area contributed by atoms with Crippen molar-refractivity contribution in [2.75, 3.05) is 5.73 Å². The van der Waals surface area contributed by atoms with E-state index in [4.69, 9.17) is 5.73 Å². The fraction of sp³-hybridized carbons (Fsp3) is 0.312. The monoisotopic (exact) mass is 256 g/mol. The fourth-order valence-corrected chi connectivity index (χ4v) is 2.17. The number of pyridine rings is 1. The van der Waals surface area contributed by atoms with Gasteiger partial charge in [0.25, 0.3) is 0 Å². The molecule has 0 aliphatic carbocycles. The lowest BCUT2D eigenvalue weighted by Crippen LogP contribution is -2.11. The Morgan fingerprint density at radius 1 is 1.11 bits per heavy atom. The van der Waals surface area contributed by atoms with Crippen molar-refractivity contribution in [2.45, 2.75) is 33.1 Å². The molecule has 0 aliphatic heterocycles. The van der Waals surface area contributed by atoms with Gasteiger partial charge in [-0.2, -0.15) is 0 Å². The van der Waals surface area contributed by atoms with E-state index in [1.165, 1.54) is 5.56 Å². The van der Waals surface area contributed by atoms with Gasteiger partial charge in [-0.1, -0.05) is 39.0 Å². The average molecular weight is 256 g/mol. The van der Waals surface area contributed by atoms with Gasteiger partial charge in [0, 0.05) is 6.07 Å². The Bertz CT molecular complexity index is 663. The standard InChI is InChI=1S/C16H20N2O/c1-10-7-12(16(2,3)4)5-6-13(10)11-8-14(17)18-15(19)9-11/h5-9H,1-4H3,(H3,17,18,19). The Labute approximate surface area is 113 Å². The van der Waals surface area contributed by atoms with Gasteiger partial charge in [-0.3, -0.25) is 4.79 Å². The normalized spacial score (nSPS) is 11.6. The average Bonchev–Trinajstić information content (AvgIpc) is 2.26. The van der Waals surface area contributed by atoms with Gasteiger partial charge in [-0.05, 0) is 40.7 Å². The summed E-state index contributed by atoms with van der Waals surface area (Å²) < 4.78 is 0. The van der Waals surface area contributed by atoms with Crippen LogP contribution in [-0.4, -0.2) is 4.98 Å². The lowest BCUT2D eigenvalue weighted by Gasteiger charge is -2.20. The van der Waals surface area contributed by atoms with Crippen molar-refractivity contribution in [3.8, 4) is 11.1 Å². The maximum absolute atomic E-state index is 11.5. The van der Waals surface area contributed by atoms with Crippen LogP contribution in [0.2, 0.25) is 0 Å². The number of nitrogens with one attached hydrogen (secondary N) is 1. The van der Waals surface area contributed by atoms with Crippen LogP contribution in [0.4, 0.5) is 5.82 Å². The van der Waals surface area contributed by atoms with Crippen LogP contribution in [-0.2, 0) is 5.41 Å². The predicted molar refractivity (Wildman–Crippen MR) is 80.3 cm³/mol. The lowest BCUT2D eigenvalue weighted by atomic mass is 9.84. The molecule has 1 aromatic heterocycles. The van der Waals surface area contributed by atoms with E-state index in [0.717, 1.165) is 16.7 Å². The Morgan fingerprint density at radius 3 is 2.32 bits per heavy atom. The Hall–Kier alpha value is -2.03. The molecule has 0 saturated carbocycles. The Kier molecular flexibility index (Phi) is 3.23. The molecule has 0 bridgehead atoms. The van der Waals surface area contributed by atoms with Crippen LogP contribution < -0.4 is 11.3 Å². The lowest BCUT2D eigenvalue weighted by molar-refractivity contribution is 0.590. The number of rotatable bonds is 1. The summed E-state index contributed by atoms with van der Waals surface area (Å²) in [7, 11) is 0. The van der Waals surface area contributed by atoms with Gasteiger partial charge in [0.1, 0.15) is 5.82 Å². The van der Waals surface area contributed by atoms with Gasteiger partial charge in [0.05, 0.1) is 0 Å². The highest BCUT2D eigenvalue weighted by atomic mass is 16.1. The van der Waals surface area contributed by atoms with Crippen molar-refractivity contribution in [1.29, 1.82) is 0 Å². The van der Waals surface area contributed by atoms with E-state index in [0.29, 0.717) is 5.82 Å². The van der Waals surface area contributed by atoms with Crippen LogP contribution in [0.1, 0.15) is 31.9 Å². The molecule has 0 unspecified atom stereocenters. The molecule has 100 valence electrons. The summed E-state index contributed by atoms with van der Waals surface area (Å²) in [5.41, 5.74) is 9.98. The molecule has 2 aromatic rings. The molecule has 3 nitrogen and oxygen atoms in total. The minimum absolute atomic E-state index is 0.122. The third-order valence-electron chi connectivity index (χ3n) is 3.27. The molecule has 19 heavy (non-hydrogen) atoms. The predicted octanol–water partition coefficient (Wildman–Crippen LogP) is 3.23. The zero-order valence-electron chi connectivity index (χ0n) is 11.9. The summed E-state index contributed by atoms with van der Waals surface area (Å²) >= 11 is 0. The Balaban J connectivity index is 2.55. The Morgan fingerprint density at radius 2 is 1.79 bits per heavy atom. The first-order valence-corrected chi connectivity index (χ1v) is 6.39. The smallest absolute Gasteiger partial charge is 0.250 e. The van der Waals surface area contributed by atoms with Crippen LogP contribution in [0.5, 0.6) is 0 Å². The van der Waals surface area contributed by atoms with E-state index in [-0.39, 0.29) is 11.0 Å². The second-order valence-corrected chi connectivity index (χ2v) is 5.97. The number of anilines is 1. The van der Waals surface area contributed by atoms with Gasteiger partial charge in [-0.25, -0.2) is 0 Å². The number of nitrogens with two attached hydrogens (primary N) is 1. The van der Waals surface area contributed by atoms with Crippen molar-refractivity contribution < 1.29 is 0 Å². The molecule has 0 amide bonds. The molecule has 0 radical (unpaired) electrons. The van der Waals surface area contributed by atoms with E-state index in [2.05, 4.69) is 50.9 Å². The largest absolute Gasteiger partial charge is 0.385 e. The van der Waals surface area contributed by atoms with Gasteiger partial charge in [0.15, 0.2) is 0 Å². The minimum Gasteiger partial charge on any atom is -0.385 e. The third-order valence-corrected chi connectivity index (χ3v) is 3.27. The second-order valence-electron chi connectivity index (χ2n) is 5.97. The zero-order valence-corrected chi connectivity index (χ0v) is 11.9. The first kappa shape index (κ1) is 13.4. The van der Waals surface area contributed by atoms with Crippen molar-refractivity contribution in [1.82, 2.24) is 4.98 Å². The third kappa shape index (κ3) is 2.87. The number of hydrogen-bond donors (Lipinski definition) is 2. The molecule has 0 saturated heterocycles. The number of nitrogen functional groups attached to an aromatic ring is 1. The molecule has 0 fully saturated rings. The summed E-state index contributed by atoms with van der Waals surface area (Å²) in [5.74, 6) is 0.391. The molecular weight excluding hydrogens is 236 g/mol. The first-order chi connectivity index (χ1) is 8.77. The minimum atomic E-state index is -0.172. The summed E-state index contributed by atoms with van der Waals surface area (Å²) in [4.78, 5) is 14.0. The molecule has 3 N–H and O–H groups in total. The van der Waals surface area contributed by atoms with E-state index in [9.17, 15) is 4.79 Å². The van der Waals surface area contributed by atoms with Crippen molar-refractivity contribution in [3.05, 3.63) is 51.8 Å². The van der Waals surface area contributed by atoms with Crippen LogP contribution in [0.3, 0.4) is 0 Å². The molecule has 2 rings (SSSR count). The highest BCUT2D eigenvalue weighted by molar-refractivity contribution is 5.69. The SMILES string of the molecule is Cc1cc(C(C)(C)C)ccc1-c1cc(N)[nH]c(=O)c1. The van der Waals surface area contributed by atoms with Crippen molar-refractivity contribution in [2.24, 2.45) is 0 Å². The van der Waals surface area contributed by atoms with Gasteiger partial charge in [0.2, 0.25) is 5.56 Å². The topological polar surface area (TPSA) is 58.9 Å². The highest BCUT2D eigenvalue weighted by Crippen LogP contribution is 2.29. The molecule has 0 atom stereocenters. The maximum atomic E-state index is 11.5. The second kappa shape index (κ2) is 4.57. The molecular formula is C16H20N2O. The number of aromatic nitrogens is 1. The number of aromatic amines is 1. The number of benzene rings is 1. The maximum Gasteiger partial charge on any atom is 0.250 e. The van der Waals surface area contributed by atoms with Gasteiger partial charge < -0.3 is 10.7 Å². The summed E-state index contributed by atoms with van der Waals surface area (Å²) in [5, 5.41) is 0. The summed E-state index contributed by atoms with van der Waals surface area (Å²) in [6.07, 6.45) is 0. The van der Waals surface area contributed by atoms with E-state index >= 15 is 0 Å². The molecule has 1 heterocycles. The summed E-state index contributed by atoms with van der Waals surface area (Å²) in [6.45, 7) is 8.62. The summed E-state index contributed by atoms with van der Waals surface area (Å²) in [6, 6.07) is 9.71. The molecule has 0 spiro atoms. The van der Waals surface area contributed by atoms with Crippen LogP contribution >= 0.6 is 0 Å². The van der Waals surface area contributed by atoms with E-state index in [1.807, 2.05) is 0 Å². The van der Waals surface area contributed by atoms with Crippen LogP contribution in [0, 0.1) is 6.92 Å². The van der Waals surface area contributed by atoms with Crippen molar-refractivity contribution >= 4 is 5.82 Å².